The van der Waals surface area contributed by atoms with Crippen molar-refractivity contribution in [2.45, 2.75) is 19.3 Å². The minimum absolute atomic E-state index is 0.289. The lowest BCUT2D eigenvalue weighted by Gasteiger charge is -2.07. The highest BCUT2D eigenvalue weighted by atomic mass is 16.2. The molecule has 138 valence electrons. The fourth-order valence-corrected chi connectivity index (χ4v) is 3.62. The number of aryl methyl sites for hydroxylation is 2. The average Bonchev–Trinajstić information content (AvgIpc) is 3.36. The number of carbonyl (C=O) groups excluding carboxylic acids is 1. The van der Waals surface area contributed by atoms with Gasteiger partial charge in [0, 0.05) is 5.69 Å². The molecule has 5 rings (SSSR count). The Balaban J connectivity index is 1.57. The van der Waals surface area contributed by atoms with Crippen molar-refractivity contribution in [2.24, 2.45) is 0 Å². The number of amides is 1. The molecular weight excluding hydrogens is 350 g/mol. The quantitative estimate of drug-likeness (QED) is 0.539. The number of carbonyl (C=O) groups is 1. The molecule has 1 amide bonds. The zero-order valence-corrected chi connectivity index (χ0v) is 15.2. The number of fused-ring (bicyclic) bond motifs is 2. The highest BCUT2D eigenvalue weighted by Gasteiger charge is 2.23. The molecule has 1 aliphatic carbocycles. The monoisotopic (exact) mass is 369 g/mol. The lowest BCUT2D eigenvalue weighted by atomic mass is 10.1. The van der Waals surface area contributed by atoms with Crippen molar-refractivity contribution in [3.05, 3.63) is 83.7 Å². The number of benzene rings is 2. The number of rotatable bonds is 4. The van der Waals surface area contributed by atoms with Crippen LogP contribution < -0.4 is 10.9 Å². The number of anilines is 1. The zero-order chi connectivity index (χ0) is 18.9. The van der Waals surface area contributed by atoms with E-state index in [4.69, 9.17) is 4.98 Å². The molecule has 0 saturated carbocycles. The van der Waals surface area contributed by atoms with Gasteiger partial charge in [0.05, 0.1) is 16.8 Å². The average molecular weight is 369 g/mol. The van der Waals surface area contributed by atoms with Gasteiger partial charge in [0.1, 0.15) is 0 Å². The summed E-state index contributed by atoms with van der Waals surface area (Å²) in [5.41, 5.74) is 10.8. The summed E-state index contributed by atoms with van der Waals surface area (Å²) in [6.07, 6.45) is 3.07. The minimum atomic E-state index is -0.289. The summed E-state index contributed by atoms with van der Waals surface area (Å²) in [6.45, 7) is 0. The normalized spacial score (nSPS) is 12.7. The molecule has 0 unspecified atom stereocenters. The number of hydrogen-bond acceptors (Lipinski definition) is 4. The molecule has 0 bridgehead atoms. The van der Waals surface area contributed by atoms with Gasteiger partial charge in [0.15, 0.2) is 11.3 Å². The summed E-state index contributed by atoms with van der Waals surface area (Å²) >= 11 is 0. The summed E-state index contributed by atoms with van der Waals surface area (Å²) in [5.74, 6) is -0.289. The molecule has 6 nitrogen and oxygen atoms in total. The third kappa shape index (κ3) is 2.89. The van der Waals surface area contributed by atoms with Gasteiger partial charge in [-0.15, -0.1) is 0 Å². The van der Waals surface area contributed by atoms with Gasteiger partial charge in [-0.3, -0.25) is 15.6 Å². The van der Waals surface area contributed by atoms with Crippen LogP contribution in [0.5, 0.6) is 0 Å². The maximum Gasteiger partial charge on any atom is 0.290 e. The second-order valence-corrected chi connectivity index (χ2v) is 6.86. The van der Waals surface area contributed by atoms with E-state index in [0.29, 0.717) is 5.69 Å². The first-order valence-electron chi connectivity index (χ1n) is 9.38. The van der Waals surface area contributed by atoms with E-state index in [-0.39, 0.29) is 5.91 Å². The van der Waals surface area contributed by atoms with Crippen LogP contribution in [0.1, 0.15) is 28.2 Å². The van der Waals surface area contributed by atoms with Gasteiger partial charge < -0.3 is 0 Å². The molecule has 1 aliphatic rings. The Morgan fingerprint density at radius 3 is 2.50 bits per heavy atom. The molecule has 0 atom stereocenters. The van der Waals surface area contributed by atoms with Gasteiger partial charge >= 0.3 is 0 Å². The Labute approximate surface area is 162 Å². The minimum Gasteiger partial charge on any atom is -0.298 e. The van der Waals surface area contributed by atoms with Crippen molar-refractivity contribution in [3.8, 4) is 5.69 Å². The van der Waals surface area contributed by atoms with Crippen LogP contribution in [0, 0.1) is 0 Å². The standard InChI is InChI=1S/C22H19N5O/c28-22(25-24-16-9-3-1-4-10-16)20-18-14-15-8-7-13-19(15)23-21(18)27(26-20)17-11-5-2-6-12-17/h1-6,9-12,14,24H,7-8,13H2,(H,25,28). The molecule has 2 aromatic carbocycles. The predicted octanol–water partition coefficient (Wildman–Crippen LogP) is 3.67. The van der Waals surface area contributed by atoms with Gasteiger partial charge in [-0.25, -0.2) is 9.67 Å². The molecule has 0 radical (unpaired) electrons. The first-order chi connectivity index (χ1) is 13.8. The fourth-order valence-electron chi connectivity index (χ4n) is 3.62. The first kappa shape index (κ1) is 16.5. The van der Waals surface area contributed by atoms with Crippen molar-refractivity contribution >= 4 is 22.6 Å². The van der Waals surface area contributed by atoms with E-state index in [9.17, 15) is 4.79 Å². The van der Waals surface area contributed by atoms with Gasteiger partial charge in [-0.05, 0) is 55.2 Å². The van der Waals surface area contributed by atoms with Crippen LogP contribution in [0.3, 0.4) is 0 Å². The first-order valence-corrected chi connectivity index (χ1v) is 9.38. The molecule has 0 fully saturated rings. The number of pyridine rings is 1. The van der Waals surface area contributed by atoms with Gasteiger partial charge in [0.2, 0.25) is 0 Å². The summed E-state index contributed by atoms with van der Waals surface area (Å²) in [7, 11) is 0. The molecule has 6 heteroatoms. The van der Waals surface area contributed by atoms with Crippen molar-refractivity contribution in [1.82, 2.24) is 20.2 Å². The Kier molecular flexibility index (Phi) is 4.01. The molecule has 28 heavy (non-hydrogen) atoms. The fraction of sp³-hybridized carbons (Fsp3) is 0.136. The molecule has 0 spiro atoms. The van der Waals surface area contributed by atoms with Crippen LogP contribution in [0.15, 0.2) is 66.7 Å². The van der Waals surface area contributed by atoms with Gasteiger partial charge in [-0.2, -0.15) is 5.10 Å². The third-order valence-corrected chi connectivity index (χ3v) is 5.00. The van der Waals surface area contributed by atoms with E-state index in [1.165, 1.54) is 5.56 Å². The van der Waals surface area contributed by atoms with Crippen molar-refractivity contribution in [1.29, 1.82) is 0 Å². The van der Waals surface area contributed by atoms with Crippen molar-refractivity contribution in [2.75, 3.05) is 5.43 Å². The van der Waals surface area contributed by atoms with Crippen LogP contribution in [0.2, 0.25) is 0 Å². The lowest BCUT2D eigenvalue weighted by Crippen LogP contribution is -2.29. The number of para-hydroxylation sites is 2. The summed E-state index contributed by atoms with van der Waals surface area (Å²) in [4.78, 5) is 17.8. The van der Waals surface area contributed by atoms with Crippen molar-refractivity contribution < 1.29 is 4.79 Å². The summed E-state index contributed by atoms with van der Waals surface area (Å²) in [6, 6.07) is 21.4. The Hall–Kier alpha value is -3.67. The Bertz CT molecular complexity index is 1150. The molecule has 0 aliphatic heterocycles. The van der Waals surface area contributed by atoms with E-state index in [0.717, 1.165) is 47.4 Å². The molecule has 4 aromatic rings. The SMILES string of the molecule is O=C(NNc1ccccc1)c1nn(-c2ccccc2)c2nc3c(cc12)CCC3. The number of nitrogens with zero attached hydrogens (tertiary/aromatic N) is 3. The zero-order valence-electron chi connectivity index (χ0n) is 15.2. The second-order valence-electron chi connectivity index (χ2n) is 6.86. The largest absolute Gasteiger partial charge is 0.298 e. The third-order valence-electron chi connectivity index (χ3n) is 5.00. The van der Waals surface area contributed by atoms with Crippen LogP contribution in [0.4, 0.5) is 5.69 Å². The molecular formula is C22H19N5O. The van der Waals surface area contributed by atoms with E-state index in [1.54, 1.807) is 4.68 Å². The molecule has 2 heterocycles. The maximum absolute atomic E-state index is 12.9. The van der Waals surface area contributed by atoms with Gasteiger partial charge in [0.25, 0.3) is 5.91 Å². The number of nitrogens with one attached hydrogen (secondary N) is 2. The van der Waals surface area contributed by atoms with Crippen LogP contribution in [-0.4, -0.2) is 20.7 Å². The topological polar surface area (TPSA) is 71.8 Å². The van der Waals surface area contributed by atoms with Crippen LogP contribution in [0.25, 0.3) is 16.7 Å². The lowest BCUT2D eigenvalue weighted by molar-refractivity contribution is 0.0959. The molecule has 2 N–H and O–H groups in total. The summed E-state index contributed by atoms with van der Waals surface area (Å²) in [5, 5.41) is 5.39. The summed E-state index contributed by atoms with van der Waals surface area (Å²) < 4.78 is 1.76. The van der Waals surface area contributed by atoms with Crippen LogP contribution >= 0.6 is 0 Å². The van der Waals surface area contributed by atoms with E-state index in [1.807, 2.05) is 60.7 Å². The highest BCUT2D eigenvalue weighted by molar-refractivity contribution is 6.05. The van der Waals surface area contributed by atoms with Crippen molar-refractivity contribution in [3.63, 3.8) is 0 Å². The number of aromatic nitrogens is 3. The van der Waals surface area contributed by atoms with E-state index < -0.39 is 0 Å². The highest BCUT2D eigenvalue weighted by Crippen LogP contribution is 2.28. The maximum atomic E-state index is 12.9. The second kappa shape index (κ2) is 6.81. The molecule has 0 saturated heterocycles. The number of hydrazine groups is 1. The molecule has 2 aromatic heterocycles. The van der Waals surface area contributed by atoms with E-state index in [2.05, 4.69) is 22.0 Å². The van der Waals surface area contributed by atoms with Crippen LogP contribution in [-0.2, 0) is 12.8 Å². The van der Waals surface area contributed by atoms with Gasteiger partial charge in [-0.1, -0.05) is 36.4 Å². The Morgan fingerprint density at radius 1 is 0.964 bits per heavy atom. The number of hydrogen-bond donors (Lipinski definition) is 2. The smallest absolute Gasteiger partial charge is 0.290 e. The van der Waals surface area contributed by atoms with E-state index >= 15 is 0 Å². The predicted molar refractivity (Wildman–Crippen MR) is 108 cm³/mol. The Morgan fingerprint density at radius 2 is 1.71 bits per heavy atom.